The fourth-order valence-electron chi connectivity index (χ4n) is 4.56. The van der Waals surface area contributed by atoms with Crippen molar-refractivity contribution in [3.8, 4) is 5.75 Å². The predicted molar refractivity (Wildman–Crippen MR) is 126 cm³/mol. The van der Waals surface area contributed by atoms with Gasteiger partial charge >= 0.3 is 12.4 Å². The van der Waals surface area contributed by atoms with Crippen LogP contribution >= 0.6 is 0 Å². The zero-order valence-electron chi connectivity index (χ0n) is 20.3. The van der Waals surface area contributed by atoms with E-state index >= 15 is 0 Å². The summed E-state index contributed by atoms with van der Waals surface area (Å²) in [7, 11) is 4.53. The highest BCUT2D eigenvalue weighted by molar-refractivity contribution is 5.84. The molecule has 0 bridgehead atoms. The van der Waals surface area contributed by atoms with Crippen molar-refractivity contribution >= 4 is 11.8 Å². The molecule has 4 rings (SSSR count). The minimum atomic E-state index is -4.71. The van der Waals surface area contributed by atoms with Crippen LogP contribution in [0.1, 0.15) is 29.5 Å². The molecule has 2 aliphatic heterocycles. The molecule has 2 aromatic rings. The van der Waals surface area contributed by atoms with Gasteiger partial charge in [0.05, 0.1) is 18.2 Å². The number of ether oxygens (including phenoxy) is 1. The van der Waals surface area contributed by atoms with Gasteiger partial charge < -0.3 is 19.9 Å². The van der Waals surface area contributed by atoms with E-state index in [1.54, 1.807) is 19.0 Å². The van der Waals surface area contributed by atoms with E-state index in [4.69, 9.17) is 10.5 Å². The third kappa shape index (κ3) is 5.04. The molecule has 0 spiro atoms. The minimum Gasteiger partial charge on any atom is -0.496 e. The van der Waals surface area contributed by atoms with Gasteiger partial charge in [-0.3, -0.25) is 5.73 Å². The number of aromatic nitrogens is 1. The third-order valence-corrected chi connectivity index (χ3v) is 6.39. The quantitative estimate of drug-likeness (QED) is 0.578. The fourth-order valence-corrected chi connectivity index (χ4v) is 4.56. The molecule has 3 heterocycles. The molecule has 0 aliphatic carbocycles. The van der Waals surface area contributed by atoms with Crippen LogP contribution < -0.4 is 20.7 Å². The lowest BCUT2D eigenvalue weighted by Gasteiger charge is -2.37. The highest BCUT2D eigenvalue weighted by Crippen LogP contribution is 2.43. The van der Waals surface area contributed by atoms with Crippen molar-refractivity contribution in [3.63, 3.8) is 0 Å². The summed E-state index contributed by atoms with van der Waals surface area (Å²) in [4.78, 5) is 11.7. The number of alkyl halides is 6. The molecule has 1 aromatic carbocycles. The molecule has 0 saturated carbocycles. The number of nitrogens with zero attached hydrogens (tertiary/aromatic N) is 4. The minimum absolute atomic E-state index is 0.0799. The van der Waals surface area contributed by atoms with Crippen LogP contribution in [0.2, 0.25) is 0 Å². The number of aliphatic imine (C=N–C) groups is 1. The Labute approximate surface area is 209 Å². The lowest BCUT2D eigenvalue weighted by atomic mass is 9.86. The summed E-state index contributed by atoms with van der Waals surface area (Å²) in [5, 5.41) is 3.16. The van der Waals surface area contributed by atoms with Crippen LogP contribution in [0.4, 0.5) is 32.2 Å². The highest BCUT2D eigenvalue weighted by Gasteiger charge is 2.43. The Morgan fingerprint density at radius 3 is 2.32 bits per heavy atom. The molecule has 200 valence electrons. The van der Waals surface area contributed by atoms with E-state index in [0.717, 1.165) is 19.2 Å². The highest BCUT2D eigenvalue weighted by atomic mass is 19.4. The van der Waals surface area contributed by atoms with Gasteiger partial charge in [-0.15, -0.1) is 0 Å². The molecule has 0 amide bonds. The van der Waals surface area contributed by atoms with Gasteiger partial charge in [0.25, 0.3) is 0 Å². The molecule has 7 nitrogen and oxygen atoms in total. The van der Waals surface area contributed by atoms with Crippen molar-refractivity contribution < 1.29 is 31.1 Å². The summed E-state index contributed by atoms with van der Waals surface area (Å²) in [6.45, 7) is 0.286. The van der Waals surface area contributed by atoms with Crippen molar-refractivity contribution in [2.75, 3.05) is 39.2 Å². The monoisotopic (exact) mass is 528 g/mol. The lowest BCUT2D eigenvalue weighted by Crippen LogP contribution is -2.49. The van der Waals surface area contributed by atoms with Gasteiger partial charge in [-0.1, -0.05) is 6.07 Å². The van der Waals surface area contributed by atoms with Gasteiger partial charge in [0.1, 0.15) is 11.6 Å². The average molecular weight is 529 g/mol. The molecule has 13 heteroatoms. The third-order valence-electron chi connectivity index (χ3n) is 6.39. The van der Waals surface area contributed by atoms with Gasteiger partial charge in [-0.05, 0) is 41.8 Å². The first kappa shape index (κ1) is 26.6. The fraction of sp³-hybridized carbons (Fsp3) is 0.417. The maximum atomic E-state index is 13.8. The van der Waals surface area contributed by atoms with E-state index in [2.05, 4.69) is 15.3 Å². The van der Waals surface area contributed by atoms with E-state index in [9.17, 15) is 26.3 Å². The van der Waals surface area contributed by atoms with Crippen LogP contribution in [0.3, 0.4) is 0 Å². The van der Waals surface area contributed by atoms with E-state index in [1.165, 1.54) is 29.3 Å². The maximum absolute atomic E-state index is 13.8. The lowest BCUT2D eigenvalue weighted by molar-refractivity contribution is -0.139. The van der Waals surface area contributed by atoms with E-state index in [-0.39, 0.29) is 43.1 Å². The molecule has 2 aliphatic rings. The number of hydrogen-bond acceptors (Lipinski definition) is 7. The van der Waals surface area contributed by atoms with Crippen LogP contribution in [0.15, 0.2) is 52.8 Å². The molecule has 37 heavy (non-hydrogen) atoms. The molecule has 0 saturated heterocycles. The number of guanidine groups is 1. The van der Waals surface area contributed by atoms with Crippen LogP contribution in [-0.4, -0.2) is 50.1 Å². The van der Waals surface area contributed by atoms with Crippen LogP contribution in [0.25, 0.3) is 0 Å². The van der Waals surface area contributed by atoms with Crippen molar-refractivity contribution in [1.29, 1.82) is 0 Å². The summed E-state index contributed by atoms with van der Waals surface area (Å²) >= 11 is 0. The molecular formula is C24H26F6N6O. The number of hydrogen-bond donors (Lipinski definition) is 2. The average Bonchev–Trinajstić information content (AvgIpc) is 3.06. The standard InChI is InChI=1S/C24H26F6N6O/c1-35(2)21-33-18-9-12-36(20-16(23(25,26)27)5-4-10-32-20)11-8-15(18)22(31,34-21)14-6-7-19(37-3)17(13-14)24(28,29)30/h4-7,10,13H,8-9,11-12,31H2,1-3H3,(H,33,34). The van der Waals surface area contributed by atoms with Gasteiger partial charge in [0, 0.05) is 45.5 Å². The Morgan fingerprint density at radius 2 is 1.70 bits per heavy atom. The van der Waals surface area contributed by atoms with Crippen molar-refractivity contribution in [1.82, 2.24) is 15.2 Å². The summed E-state index contributed by atoms with van der Waals surface area (Å²) in [5.74, 6) is -0.260. The first-order valence-electron chi connectivity index (χ1n) is 11.3. The number of pyridine rings is 1. The predicted octanol–water partition coefficient (Wildman–Crippen LogP) is 4.31. The number of rotatable bonds is 3. The molecule has 0 fully saturated rings. The summed E-state index contributed by atoms with van der Waals surface area (Å²) in [6, 6.07) is 5.71. The Hall–Kier alpha value is -3.48. The number of methoxy groups -OCH3 is 1. The zero-order chi connectivity index (χ0) is 27.2. The second-order valence-corrected chi connectivity index (χ2v) is 8.95. The number of nitrogens with one attached hydrogen (secondary N) is 1. The molecule has 1 atom stereocenters. The second kappa shape index (κ2) is 9.43. The van der Waals surface area contributed by atoms with Crippen LogP contribution in [0, 0.1) is 0 Å². The maximum Gasteiger partial charge on any atom is 0.419 e. The Kier molecular flexibility index (Phi) is 6.78. The number of nitrogens with two attached hydrogens (primary N) is 1. The largest absolute Gasteiger partial charge is 0.496 e. The Bertz CT molecular complexity index is 1240. The van der Waals surface area contributed by atoms with Gasteiger partial charge in [-0.2, -0.15) is 26.3 Å². The molecule has 1 aromatic heterocycles. The van der Waals surface area contributed by atoms with Crippen molar-refractivity contribution in [3.05, 3.63) is 64.5 Å². The van der Waals surface area contributed by atoms with Crippen LogP contribution in [0.5, 0.6) is 5.75 Å². The summed E-state index contributed by atoms with van der Waals surface area (Å²) < 4.78 is 87.2. The van der Waals surface area contributed by atoms with Gasteiger partial charge in [0.2, 0.25) is 0 Å². The number of benzene rings is 1. The summed E-state index contributed by atoms with van der Waals surface area (Å²) in [6.07, 6.45) is -7.63. The normalized spacial score (nSPS) is 20.6. The SMILES string of the molecule is COc1ccc(C2(N)N=C(N(C)C)NC3=C2CCN(c2ncccc2C(F)(F)F)CC3)cc1C(F)(F)F. The van der Waals surface area contributed by atoms with E-state index in [0.29, 0.717) is 17.2 Å². The molecule has 0 radical (unpaired) electrons. The van der Waals surface area contributed by atoms with E-state index < -0.39 is 29.1 Å². The molecule has 3 N–H and O–H groups in total. The number of anilines is 1. The second-order valence-electron chi connectivity index (χ2n) is 8.95. The van der Waals surface area contributed by atoms with Crippen LogP contribution in [-0.2, 0) is 18.0 Å². The van der Waals surface area contributed by atoms with E-state index in [1.807, 2.05) is 0 Å². The Balaban J connectivity index is 1.77. The van der Waals surface area contributed by atoms with Crippen molar-refractivity contribution in [2.45, 2.75) is 30.9 Å². The first-order valence-corrected chi connectivity index (χ1v) is 11.3. The first-order chi connectivity index (χ1) is 17.3. The molecular weight excluding hydrogens is 502 g/mol. The zero-order valence-corrected chi connectivity index (χ0v) is 20.3. The summed E-state index contributed by atoms with van der Waals surface area (Å²) in [5.41, 5.74) is 4.39. The van der Waals surface area contributed by atoms with Gasteiger partial charge in [-0.25, -0.2) is 9.98 Å². The van der Waals surface area contributed by atoms with Crippen molar-refractivity contribution in [2.24, 2.45) is 10.7 Å². The number of halogens is 6. The smallest absolute Gasteiger partial charge is 0.419 e. The van der Waals surface area contributed by atoms with Gasteiger partial charge in [0.15, 0.2) is 11.6 Å². The topological polar surface area (TPSA) is 79.0 Å². The molecule has 1 unspecified atom stereocenters. The Morgan fingerprint density at radius 1 is 1.03 bits per heavy atom.